The van der Waals surface area contributed by atoms with Gasteiger partial charge in [-0.25, -0.2) is 4.98 Å². The third-order valence-corrected chi connectivity index (χ3v) is 6.21. The number of anilines is 1. The molecule has 0 N–H and O–H groups in total. The van der Waals surface area contributed by atoms with Crippen LogP contribution in [0.5, 0.6) is 0 Å². The molecule has 3 aromatic rings. The molecular formula is C22H21F3N2O2S. The van der Waals surface area contributed by atoms with Gasteiger partial charge in [0.1, 0.15) is 0 Å². The molecule has 1 unspecified atom stereocenters. The SMILES string of the molecule is CCc1ccc2nc(N(CC3CCCO3)C(=O)c3cccc(C(F)(F)F)c3)sc2c1. The Balaban J connectivity index is 1.72. The monoisotopic (exact) mass is 434 g/mol. The largest absolute Gasteiger partial charge is 0.416 e. The highest BCUT2D eigenvalue weighted by Crippen LogP contribution is 2.33. The second-order valence-corrected chi connectivity index (χ2v) is 8.29. The minimum atomic E-state index is -4.51. The van der Waals surface area contributed by atoms with E-state index in [-0.39, 0.29) is 18.2 Å². The molecule has 4 rings (SSSR count). The van der Waals surface area contributed by atoms with Gasteiger partial charge in [0.25, 0.3) is 5.91 Å². The predicted molar refractivity (Wildman–Crippen MR) is 111 cm³/mol. The van der Waals surface area contributed by atoms with Crippen molar-refractivity contribution in [2.75, 3.05) is 18.1 Å². The van der Waals surface area contributed by atoms with Crippen LogP contribution in [0.15, 0.2) is 42.5 Å². The normalized spacial score (nSPS) is 16.9. The van der Waals surface area contributed by atoms with E-state index in [4.69, 9.17) is 4.74 Å². The average molecular weight is 434 g/mol. The summed E-state index contributed by atoms with van der Waals surface area (Å²) in [6.07, 6.45) is -2.08. The van der Waals surface area contributed by atoms with E-state index in [0.717, 1.165) is 47.2 Å². The third-order valence-electron chi connectivity index (χ3n) is 5.17. The van der Waals surface area contributed by atoms with Gasteiger partial charge in [0.15, 0.2) is 5.13 Å². The molecule has 0 bridgehead atoms. The zero-order valence-electron chi connectivity index (χ0n) is 16.4. The smallest absolute Gasteiger partial charge is 0.376 e. The maximum Gasteiger partial charge on any atom is 0.416 e. The minimum absolute atomic E-state index is 0.0173. The van der Waals surface area contributed by atoms with E-state index in [0.29, 0.717) is 11.7 Å². The van der Waals surface area contributed by atoms with Crippen LogP contribution < -0.4 is 4.90 Å². The summed E-state index contributed by atoms with van der Waals surface area (Å²) < 4.78 is 46.0. The second kappa shape index (κ2) is 8.35. The number of rotatable bonds is 5. The Hall–Kier alpha value is -2.45. The van der Waals surface area contributed by atoms with Gasteiger partial charge in [0.2, 0.25) is 0 Å². The lowest BCUT2D eigenvalue weighted by atomic mass is 10.1. The van der Waals surface area contributed by atoms with Crippen LogP contribution in [-0.4, -0.2) is 30.1 Å². The number of ether oxygens (including phenoxy) is 1. The summed E-state index contributed by atoms with van der Waals surface area (Å²) in [6, 6.07) is 10.5. The summed E-state index contributed by atoms with van der Waals surface area (Å²) >= 11 is 1.37. The summed E-state index contributed by atoms with van der Waals surface area (Å²) in [5.41, 5.74) is 1.06. The number of hydrogen-bond acceptors (Lipinski definition) is 4. The number of aryl methyl sites for hydroxylation is 1. The first-order chi connectivity index (χ1) is 14.3. The molecule has 0 radical (unpaired) electrons. The molecule has 0 saturated carbocycles. The molecule has 1 aromatic heterocycles. The molecule has 1 atom stereocenters. The maximum absolute atomic E-state index is 13.3. The predicted octanol–water partition coefficient (Wildman–Crippen LogP) is 5.70. The highest BCUT2D eigenvalue weighted by Gasteiger charge is 2.32. The maximum atomic E-state index is 13.3. The second-order valence-electron chi connectivity index (χ2n) is 7.28. The van der Waals surface area contributed by atoms with E-state index in [1.165, 1.54) is 28.4 Å². The van der Waals surface area contributed by atoms with Crippen molar-refractivity contribution in [3.8, 4) is 0 Å². The highest BCUT2D eigenvalue weighted by atomic mass is 32.1. The summed E-state index contributed by atoms with van der Waals surface area (Å²) in [5.74, 6) is -0.508. The quantitative estimate of drug-likeness (QED) is 0.517. The van der Waals surface area contributed by atoms with Crippen molar-refractivity contribution in [3.63, 3.8) is 0 Å². The number of amides is 1. The fraction of sp³-hybridized carbons (Fsp3) is 0.364. The molecule has 2 aromatic carbocycles. The molecule has 30 heavy (non-hydrogen) atoms. The third kappa shape index (κ3) is 4.34. The molecule has 4 nitrogen and oxygen atoms in total. The Morgan fingerprint density at radius 1 is 1.27 bits per heavy atom. The molecular weight excluding hydrogens is 413 g/mol. The zero-order valence-corrected chi connectivity index (χ0v) is 17.2. The first-order valence-electron chi connectivity index (χ1n) is 9.85. The summed E-state index contributed by atoms with van der Waals surface area (Å²) in [7, 11) is 0. The van der Waals surface area contributed by atoms with Crippen molar-refractivity contribution in [1.29, 1.82) is 0 Å². The number of carbonyl (C=O) groups excluding carboxylic acids is 1. The van der Waals surface area contributed by atoms with Gasteiger partial charge in [-0.2, -0.15) is 13.2 Å². The number of benzene rings is 2. The summed E-state index contributed by atoms with van der Waals surface area (Å²) in [5, 5.41) is 0.469. The fourth-order valence-electron chi connectivity index (χ4n) is 3.52. The van der Waals surface area contributed by atoms with Gasteiger partial charge in [-0.1, -0.05) is 30.4 Å². The van der Waals surface area contributed by atoms with E-state index in [2.05, 4.69) is 11.9 Å². The zero-order chi connectivity index (χ0) is 21.3. The van der Waals surface area contributed by atoms with E-state index >= 15 is 0 Å². The number of alkyl halides is 3. The standard InChI is InChI=1S/C22H21F3N2O2S/c1-2-14-8-9-18-19(11-14)30-21(26-18)27(13-17-7-4-10-29-17)20(28)15-5-3-6-16(12-15)22(23,24)25/h3,5-6,8-9,11-12,17H,2,4,7,10,13H2,1H3. The molecule has 2 heterocycles. The Morgan fingerprint density at radius 3 is 2.80 bits per heavy atom. The number of carbonyl (C=O) groups is 1. The van der Waals surface area contributed by atoms with E-state index in [9.17, 15) is 18.0 Å². The van der Waals surface area contributed by atoms with Gasteiger partial charge in [-0.15, -0.1) is 0 Å². The molecule has 158 valence electrons. The lowest BCUT2D eigenvalue weighted by Gasteiger charge is -2.23. The van der Waals surface area contributed by atoms with Crippen molar-refractivity contribution < 1.29 is 22.7 Å². The fourth-order valence-corrected chi connectivity index (χ4v) is 4.55. The van der Waals surface area contributed by atoms with E-state index in [1.54, 1.807) is 0 Å². The lowest BCUT2D eigenvalue weighted by Crippen LogP contribution is -2.37. The Morgan fingerprint density at radius 2 is 2.10 bits per heavy atom. The molecule has 0 spiro atoms. The first kappa shape index (κ1) is 20.8. The van der Waals surface area contributed by atoms with Gasteiger partial charge >= 0.3 is 6.18 Å². The van der Waals surface area contributed by atoms with Crippen LogP contribution in [0.4, 0.5) is 18.3 Å². The van der Waals surface area contributed by atoms with E-state index < -0.39 is 17.6 Å². The lowest BCUT2D eigenvalue weighted by molar-refractivity contribution is -0.137. The number of aromatic nitrogens is 1. The van der Waals surface area contributed by atoms with Crippen LogP contribution in [0.25, 0.3) is 10.2 Å². The number of nitrogens with zero attached hydrogens (tertiary/aromatic N) is 2. The minimum Gasteiger partial charge on any atom is -0.376 e. The van der Waals surface area contributed by atoms with Crippen molar-refractivity contribution in [1.82, 2.24) is 4.98 Å². The van der Waals surface area contributed by atoms with E-state index in [1.807, 2.05) is 18.2 Å². The van der Waals surface area contributed by atoms with Gasteiger partial charge in [0.05, 0.1) is 28.4 Å². The van der Waals surface area contributed by atoms with Crippen molar-refractivity contribution in [3.05, 3.63) is 59.2 Å². The van der Waals surface area contributed by atoms with Crippen LogP contribution in [0.2, 0.25) is 0 Å². The highest BCUT2D eigenvalue weighted by molar-refractivity contribution is 7.22. The van der Waals surface area contributed by atoms with Crippen LogP contribution in [0, 0.1) is 0 Å². The van der Waals surface area contributed by atoms with Gasteiger partial charge in [-0.05, 0) is 55.2 Å². The Kier molecular flexibility index (Phi) is 5.79. The molecule has 1 aliphatic rings. The number of fused-ring (bicyclic) bond motifs is 1. The molecule has 1 fully saturated rings. The Labute approximate surface area is 176 Å². The molecule has 1 aliphatic heterocycles. The van der Waals surface area contributed by atoms with Crippen LogP contribution >= 0.6 is 11.3 Å². The summed E-state index contributed by atoms with van der Waals surface area (Å²) in [4.78, 5) is 19.3. The molecule has 8 heteroatoms. The number of halogens is 3. The van der Waals surface area contributed by atoms with Crippen LogP contribution in [0.1, 0.15) is 41.3 Å². The Bertz CT molecular complexity index is 1060. The van der Waals surface area contributed by atoms with Crippen LogP contribution in [0.3, 0.4) is 0 Å². The first-order valence-corrected chi connectivity index (χ1v) is 10.7. The van der Waals surface area contributed by atoms with Gasteiger partial charge in [-0.3, -0.25) is 9.69 Å². The average Bonchev–Trinajstić information content (AvgIpc) is 3.39. The van der Waals surface area contributed by atoms with Crippen molar-refractivity contribution >= 4 is 32.6 Å². The molecule has 0 aliphatic carbocycles. The van der Waals surface area contributed by atoms with Crippen molar-refractivity contribution in [2.45, 2.75) is 38.5 Å². The summed E-state index contributed by atoms with van der Waals surface area (Å²) in [6.45, 7) is 2.94. The topological polar surface area (TPSA) is 42.4 Å². The molecule has 1 saturated heterocycles. The van der Waals surface area contributed by atoms with Gasteiger partial charge < -0.3 is 4.74 Å². The number of hydrogen-bond donors (Lipinski definition) is 0. The van der Waals surface area contributed by atoms with Crippen molar-refractivity contribution in [2.24, 2.45) is 0 Å². The van der Waals surface area contributed by atoms with Crippen LogP contribution in [-0.2, 0) is 17.3 Å². The molecule has 1 amide bonds. The van der Waals surface area contributed by atoms with Gasteiger partial charge in [0, 0.05) is 12.2 Å². The number of thiazole rings is 1.